The van der Waals surface area contributed by atoms with Crippen LogP contribution in [0.25, 0.3) is 10.9 Å². The summed E-state index contributed by atoms with van der Waals surface area (Å²) in [5.41, 5.74) is 1.02. The van der Waals surface area contributed by atoms with Crippen LogP contribution >= 0.6 is 12.2 Å². The zero-order valence-electron chi connectivity index (χ0n) is 63.9. The Bertz CT molecular complexity index is 2540. The smallest absolute Gasteiger partial charge is 0.280 e. The molecule has 2 aromatic carbocycles. The Morgan fingerprint density at radius 1 is 0.394 bits per heavy atom. The second-order valence-electron chi connectivity index (χ2n) is 27.9. The third kappa shape index (κ3) is 41.1. The number of hydrogen-bond donors (Lipinski definition) is 3. The Hall–Kier alpha value is -3.37. The van der Waals surface area contributed by atoms with Crippen LogP contribution in [0.2, 0.25) is 0 Å². The highest BCUT2D eigenvalue weighted by molar-refractivity contribution is 7.80. The number of unbranched alkanes of at least 4 members (excludes halogenated alkanes) is 13. The van der Waals surface area contributed by atoms with Gasteiger partial charge in [-0.3, -0.25) is 4.79 Å². The van der Waals surface area contributed by atoms with E-state index in [1.165, 1.54) is 64.2 Å². The Morgan fingerprint density at radius 2 is 0.697 bits per heavy atom. The molecule has 0 aliphatic heterocycles. The van der Waals surface area contributed by atoms with Gasteiger partial charge in [-0.15, -0.1) is 0 Å². The first-order valence-electron chi connectivity index (χ1n) is 37.6. The number of benzene rings is 2. The number of hydrogen-bond acceptors (Lipinski definition) is 19. The number of fused-ring (bicyclic) bond motifs is 1. The average molecular weight is 1420 g/mol. The molecule has 0 saturated heterocycles. The normalized spacial score (nSPS) is 17.0. The number of ether oxygens (including phenoxy) is 13. The zero-order valence-corrected chi connectivity index (χ0v) is 64.7. The first-order chi connectivity index (χ1) is 47.4. The third-order valence-corrected chi connectivity index (χ3v) is 16.9. The molecule has 3 aromatic rings. The SMILES string of the molecule is CCCCCCCCCCCCCCCCC(OCC(C)OCC(C)OCC(C)OCC(C)OCC(C)O)c1nc2ccccc2c(=O)n1N(CC(C)OCC(C)OCC(C)OCC(C)OCC(C)O)C(=S)N(CC(C)OCC(C)OCC(C)OCC(C)OCC(C)O)c1ccccc1. The van der Waals surface area contributed by atoms with Crippen molar-refractivity contribution in [2.45, 2.75) is 305 Å². The predicted octanol–water partition coefficient (Wildman–Crippen LogP) is 13.1. The molecule has 0 fully saturated rings. The maximum atomic E-state index is 15.8. The Morgan fingerprint density at radius 3 is 1.06 bits per heavy atom. The van der Waals surface area contributed by atoms with E-state index in [4.69, 9.17) is 78.8 Å². The molecule has 0 spiro atoms. The van der Waals surface area contributed by atoms with Gasteiger partial charge >= 0.3 is 0 Å². The van der Waals surface area contributed by atoms with Crippen molar-refractivity contribution in [2.75, 3.05) is 109 Å². The highest BCUT2D eigenvalue weighted by Crippen LogP contribution is 2.28. The molecule has 0 bridgehead atoms. The molecule has 0 saturated carbocycles. The van der Waals surface area contributed by atoms with Crippen LogP contribution in [-0.4, -0.2) is 221 Å². The van der Waals surface area contributed by atoms with E-state index in [0.717, 1.165) is 31.4 Å². The molecule has 16 unspecified atom stereocenters. The van der Waals surface area contributed by atoms with Crippen LogP contribution in [0.3, 0.4) is 0 Å². The lowest BCUT2D eigenvalue weighted by molar-refractivity contribution is -0.101. The Kier molecular flexibility index (Phi) is 48.5. The molecule has 572 valence electrons. The van der Waals surface area contributed by atoms with Crippen molar-refractivity contribution in [3.8, 4) is 0 Å². The average Bonchev–Trinajstić information content (AvgIpc) is 0.760. The first-order valence-corrected chi connectivity index (χ1v) is 38.0. The molecule has 0 radical (unpaired) electrons. The highest BCUT2D eigenvalue weighted by Gasteiger charge is 2.32. The number of para-hydroxylation sites is 2. The van der Waals surface area contributed by atoms with E-state index in [1.807, 2.05) is 142 Å². The summed E-state index contributed by atoms with van der Waals surface area (Å²) >= 11 is 6.77. The molecule has 0 amide bonds. The van der Waals surface area contributed by atoms with Crippen LogP contribution in [0.15, 0.2) is 59.4 Å². The summed E-state index contributed by atoms with van der Waals surface area (Å²) in [5, 5.41) is 31.5. The topological polar surface area (TPSA) is 222 Å². The predicted molar refractivity (Wildman–Crippen MR) is 399 cm³/mol. The first kappa shape index (κ1) is 89.8. The van der Waals surface area contributed by atoms with Gasteiger partial charge in [0.25, 0.3) is 5.56 Å². The molecule has 21 nitrogen and oxygen atoms in total. The largest absolute Gasteiger partial charge is 0.391 e. The fraction of sp³-hybridized carbons (Fsp3) is 0.805. The summed E-state index contributed by atoms with van der Waals surface area (Å²) in [6.07, 6.45) is 12.0. The summed E-state index contributed by atoms with van der Waals surface area (Å²) < 4.78 is 82.1. The second kappa shape index (κ2) is 53.4. The standard InChI is InChI=1S/C77H136N4O17S/c1-17-18-19-20-21-22-23-24-25-26-27-28-29-33-40-74(98-55-70(16)97-54-69(15)96-53-68(14)93-50-63(9)88-45-58(4)84)75-78-73-39-35-34-38-72(73)76(85)81(75)80(42-60(6)90-47-65(11)95-52-67(13)92-49-62(8)87-44-57(3)83)77(99)79(71-36-31-30-32-37-71)41-59(5)89-46-64(10)94-51-66(12)91-48-61(7)86-43-56(2)82/h30-32,34-39,56-70,74,82-84H,17-29,33,40-55H2,1-16H3. The number of rotatable bonds is 61. The van der Waals surface area contributed by atoms with Gasteiger partial charge in [0, 0.05) is 5.69 Å². The summed E-state index contributed by atoms with van der Waals surface area (Å²) in [5.74, 6) is 0.408. The van der Waals surface area contributed by atoms with Crippen LogP contribution in [0, 0.1) is 0 Å². The quantitative estimate of drug-likeness (QED) is 0.0353. The van der Waals surface area contributed by atoms with Crippen LogP contribution < -0.4 is 15.5 Å². The highest BCUT2D eigenvalue weighted by atomic mass is 32.1. The molecule has 0 aliphatic rings. The molecule has 1 aromatic heterocycles. The van der Waals surface area contributed by atoms with Gasteiger partial charge in [-0.1, -0.05) is 127 Å². The fourth-order valence-electron chi connectivity index (χ4n) is 10.6. The Balaban J connectivity index is 2.03. The molecular formula is C77H136N4O17S. The Labute approximate surface area is 602 Å². The van der Waals surface area contributed by atoms with Crippen LogP contribution in [0.4, 0.5) is 5.69 Å². The molecule has 99 heavy (non-hydrogen) atoms. The molecule has 0 aliphatic carbocycles. The summed E-state index contributed by atoms with van der Waals surface area (Å²) in [6, 6.07) is 17.3. The van der Waals surface area contributed by atoms with E-state index in [2.05, 4.69) is 6.92 Å². The molecule has 1 heterocycles. The van der Waals surface area contributed by atoms with Crippen LogP contribution in [0.1, 0.15) is 219 Å². The van der Waals surface area contributed by atoms with Crippen molar-refractivity contribution < 1.29 is 76.9 Å². The number of anilines is 1. The summed E-state index contributed by atoms with van der Waals surface area (Å²) in [4.78, 5) is 23.3. The van der Waals surface area contributed by atoms with Gasteiger partial charge in [0.1, 0.15) is 6.10 Å². The van der Waals surface area contributed by atoms with Crippen LogP contribution in [-0.2, 0) is 61.6 Å². The molecule has 3 N–H and O–H groups in total. The van der Waals surface area contributed by atoms with E-state index < -0.39 is 30.5 Å². The van der Waals surface area contributed by atoms with Crippen molar-refractivity contribution in [3.63, 3.8) is 0 Å². The molecule has 22 heteroatoms. The molecule has 3 rings (SSSR count). The van der Waals surface area contributed by atoms with E-state index in [1.54, 1.807) is 31.5 Å². The van der Waals surface area contributed by atoms with Crippen LogP contribution in [0.5, 0.6) is 0 Å². The number of thiocarbonyl (C=S) groups is 1. The molecule has 16 atom stereocenters. The van der Waals surface area contributed by atoms with Crippen molar-refractivity contribution in [3.05, 3.63) is 70.8 Å². The van der Waals surface area contributed by atoms with Crippen molar-refractivity contribution in [1.82, 2.24) is 9.66 Å². The number of aromatic nitrogens is 2. The van der Waals surface area contributed by atoms with Gasteiger partial charge in [-0.25, -0.2) is 9.99 Å². The monoisotopic (exact) mass is 1420 g/mol. The lowest BCUT2D eigenvalue weighted by Gasteiger charge is -2.38. The number of nitrogens with zero attached hydrogens (tertiary/aromatic N) is 4. The van der Waals surface area contributed by atoms with Gasteiger partial charge in [-0.2, -0.15) is 4.68 Å². The minimum absolute atomic E-state index is 0.125. The third-order valence-electron chi connectivity index (χ3n) is 16.5. The van der Waals surface area contributed by atoms with Gasteiger partial charge < -0.3 is 81.8 Å². The van der Waals surface area contributed by atoms with E-state index >= 15 is 4.79 Å². The maximum absolute atomic E-state index is 15.8. The van der Waals surface area contributed by atoms with Crippen molar-refractivity contribution in [2.24, 2.45) is 0 Å². The van der Waals surface area contributed by atoms with Gasteiger partial charge in [0.2, 0.25) is 0 Å². The summed E-state index contributed by atoms with van der Waals surface area (Å²) in [7, 11) is 0. The fourth-order valence-corrected chi connectivity index (χ4v) is 11.0. The lowest BCUT2D eigenvalue weighted by Crippen LogP contribution is -2.57. The van der Waals surface area contributed by atoms with Gasteiger partial charge in [0.05, 0.1) is 201 Å². The maximum Gasteiger partial charge on any atom is 0.280 e. The van der Waals surface area contributed by atoms with Crippen molar-refractivity contribution >= 4 is 33.9 Å². The minimum atomic E-state index is -0.676. The van der Waals surface area contributed by atoms with E-state index in [-0.39, 0.29) is 119 Å². The van der Waals surface area contributed by atoms with Gasteiger partial charge in [-0.05, 0) is 147 Å². The minimum Gasteiger partial charge on any atom is -0.391 e. The van der Waals surface area contributed by atoms with Crippen molar-refractivity contribution in [1.29, 1.82) is 0 Å². The van der Waals surface area contributed by atoms with E-state index in [9.17, 15) is 15.3 Å². The number of aliphatic hydroxyl groups excluding tert-OH is 3. The number of aliphatic hydroxyl groups is 3. The van der Waals surface area contributed by atoms with Gasteiger partial charge in [0.15, 0.2) is 10.9 Å². The summed E-state index contributed by atoms with van der Waals surface area (Å²) in [6.45, 7) is 35.1. The second-order valence-corrected chi connectivity index (χ2v) is 28.3. The molecular weight excluding hydrogens is 1280 g/mol. The zero-order chi connectivity index (χ0) is 72.9. The lowest BCUT2D eigenvalue weighted by atomic mass is 10.0. The van der Waals surface area contributed by atoms with E-state index in [0.29, 0.717) is 81.1 Å².